The number of amides is 2. The minimum atomic E-state index is -0.362. The fourth-order valence-electron chi connectivity index (χ4n) is 2.99. The predicted molar refractivity (Wildman–Crippen MR) is 102 cm³/mol. The molecule has 3 rings (SSSR count). The summed E-state index contributed by atoms with van der Waals surface area (Å²) in [6.07, 6.45) is 0. The standard InChI is InChI=1S/C19H23N5O2/c20-22-19(26)15-6-8-16(9-7-15)21-18(25)14-23-10-12-24(13-11-23)17-4-2-1-3-5-17/h1-9H,10-14,20H2,(H,21,25)(H,22,26). The summed E-state index contributed by atoms with van der Waals surface area (Å²) in [6.45, 7) is 3.85. The van der Waals surface area contributed by atoms with Crippen LogP contribution in [0.1, 0.15) is 10.4 Å². The topological polar surface area (TPSA) is 90.7 Å². The van der Waals surface area contributed by atoms with Gasteiger partial charge in [-0.05, 0) is 36.4 Å². The van der Waals surface area contributed by atoms with E-state index in [-0.39, 0.29) is 11.8 Å². The Morgan fingerprint density at radius 3 is 2.19 bits per heavy atom. The van der Waals surface area contributed by atoms with Gasteiger partial charge in [0.2, 0.25) is 5.91 Å². The predicted octanol–water partition coefficient (Wildman–Crippen LogP) is 1.05. The van der Waals surface area contributed by atoms with Gasteiger partial charge < -0.3 is 10.2 Å². The molecule has 2 amide bonds. The van der Waals surface area contributed by atoms with Crippen molar-refractivity contribution >= 4 is 23.2 Å². The fourth-order valence-corrected chi connectivity index (χ4v) is 2.99. The van der Waals surface area contributed by atoms with E-state index < -0.39 is 0 Å². The number of piperazine rings is 1. The Morgan fingerprint density at radius 2 is 1.58 bits per heavy atom. The highest BCUT2D eigenvalue weighted by Gasteiger charge is 2.19. The number of nitrogens with two attached hydrogens (primary N) is 1. The number of hydrazine groups is 1. The first-order chi connectivity index (χ1) is 12.7. The zero-order valence-corrected chi connectivity index (χ0v) is 14.5. The zero-order chi connectivity index (χ0) is 18.4. The molecule has 0 spiro atoms. The molecule has 0 bridgehead atoms. The molecule has 1 aliphatic rings. The summed E-state index contributed by atoms with van der Waals surface area (Å²) < 4.78 is 0. The first kappa shape index (κ1) is 17.9. The third kappa shape index (κ3) is 4.59. The second-order valence-electron chi connectivity index (χ2n) is 6.20. The SMILES string of the molecule is NNC(=O)c1ccc(NC(=O)CN2CCN(c3ccccc3)CC2)cc1. The molecule has 0 radical (unpaired) electrons. The van der Waals surface area contributed by atoms with E-state index >= 15 is 0 Å². The van der Waals surface area contributed by atoms with Crippen molar-refractivity contribution in [3.05, 3.63) is 60.2 Å². The van der Waals surface area contributed by atoms with Gasteiger partial charge in [0.25, 0.3) is 5.91 Å². The van der Waals surface area contributed by atoms with Gasteiger partial charge in [0.15, 0.2) is 0 Å². The van der Waals surface area contributed by atoms with Crippen LogP contribution >= 0.6 is 0 Å². The maximum Gasteiger partial charge on any atom is 0.265 e. The molecule has 0 aliphatic carbocycles. The zero-order valence-electron chi connectivity index (χ0n) is 14.5. The second kappa shape index (κ2) is 8.46. The molecule has 1 saturated heterocycles. The van der Waals surface area contributed by atoms with Crippen molar-refractivity contribution in [2.24, 2.45) is 5.84 Å². The molecular formula is C19H23N5O2. The average molecular weight is 353 g/mol. The number of carbonyl (C=O) groups excluding carboxylic acids is 2. The van der Waals surface area contributed by atoms with E-state index in [1.807, 2.05) is 18.2 Å². The van der Waals surface area contributed by atoms with E-state index in [1.54, 1.807) is 24.3 Å². The lowest BCUT2D eigenvalue weighted by atomic mass is 10.2. The summed E-state index contributed by atoms with van der Waals surface area (Å²) in [4.78, 5) is 28.1. The molecule has 2 aromatic carbocycles. The third-order valence-electron chi connectivity index (χ3n) is 4.42. The highest BCUT2D eigenvalue weighted by Crippen LogP contribution is 2.15. The van der Waals surface area contributed by atoms with Crippen LogP contribution in [-0.4, -0.2) is 49.4 Å². The Kier molecular flexibility index (Phi) is 5.83. The van der Waals surface area contributed by atoms with E-state index in [0.29, 0.717) is 17.8 Å². The molecule has 0 atom stereocenters. The Bertz CT molecular complexity index is 740. The number of rotatable bonds is 5. The first-order valence-corrected chi connectivity index (χ1v) is 8.59. The van der Waals surface area contributed by atoms with Gasteiger partial charge in [0.1, 0.15) is 0 Å². The fraction of sp³-hybridized carbons (Fsp3) is 0.263. The van der Waals surface area contributed by atoms with E-state index in [0.717, 1.165) is 26.2 Å². The van der Waals surface area contributed by atoms with Gasteiger partial charge in [-0.2, -0.15) is 0 Å². The van der Waals surface area contributed by atoms with Crippen molar-refractivity contribution in [2.45, 2.75) is 0 Å². The largest absolute Gasteiger partial charge is 0.369 e. The molecule has 1 fully saturated rings. The van der Waals surface area contributed by atoms with Crippen molar-refractivity contribution in [1.82, 2.24) is 10.3 Å². The smallest absolute Gasteiger partial charge is 0.265 e. The van der Waals surface area contributed by atoms with Gasteiger partial charge in [-0.25, -0.2) is 5.84 Å². The van der Waals surface area contributed by atoms with Crippen LogP contribution in [-0.2, 0) is 4.79 Å². The number of nitrogens with zero attached hydrogens (tertiary/aromatic N) is 2. The number of hydrogen-bond donors (Lipinski definition) is 3. The van der Waals surface area contributed by atoms with Crippen LogP contribution < -0.4 is 21.5 Å². The molecule has 1 heterocycles. The number of para-hydroxylation sites is 1. The minimum absolute atomic E-state index is 0.0609. The minimum Gasteiger partial charge on any atom is -0.369 e. The number of nitrogen functional groups attached to an aromatic ring is 1. The van der Waals surface area contributed by atoms with Crippen LogP contribution in [0.2, 0.25) is 0 Å². The Labute approximate surface area is 152 Å². The van der Waals surface area contributed by atoms with E-state index in [1.165, 1.54) is 5.69 Å². The second-order valence-corrected chi connectivity index (χ2v) is 6.20. The Morgan fingerprint density at radius 1 is 0.923 bits per heavy atom. The van der Waals surface area contributed by atoms with Crippen molar-refractivity contribution in [1.29, 1.82) is 0 Å². The molecule has 0 saturated carbocycles. The Hall–Kier alpha value is -2.90. The molecule has 136 valence electrons. The van der Waals surface area contributed by atoms with Crippen LogP contribution in [0.25, 0.3) is 0 Å². The van der Waals surface area contributed by atoms with Crippen molar-refractivity contribution in [2.75, 3.05) is 42.9 Å². The van der Waals surface area contributed by atoms with Gasteiger partial charge in [-0.1, -0.05) is 18.2 Å². The van der Waals surface area contributed by atoms with Crippen LogP contribution in [0.5, 0.6) is 0 Å². The van der Waals surface area contributed by atoms with Crippen LogP contribution in [0.4, 0.5) is 11.4 Å². The van der Waals surface area contributed by atoms with E-state index in [2.05, 4.69) is 32.7 Å². The molecule has 0 aromatic heterocycles. The summed E-state index contributed by atoms with van der Waals surface area (Å²) in [5.74, 6) is 4.67. The van der Waals surface area contributed by atoms with Crippen molar-refractivity contribution in [3.8, 4) is 0 Å². The van der Waals surface area contributed by atoms with E-state index in [9.17, 15) is 9.59 Å². The summed E-state index contributed by atoms with van der Waals surface area (Å²) >= 11 is 0. The van der Waals surface area contributed by atoms with Gasteiger partial charge >= 0.3 is 0 Å². The normalized spacial score (nSPS) is 14.7. The number of nitrogens with one attached hydrogen (secondary N) is 2. The van der Waals surface area contributed by atoms with Crippen LogP contribution in [0.15, 0.2) is 54.6 Å². The number of anilines is 2. The lowest BCUT2D eigenvalue weighted by Crippen LogP contribution is -2.48. The molecule has 7 heteroatoms. The molecule has 7 nitrogen and oxygen atoms in total. The van der Waals surface area contributed by atoms with E-state index in [4.69, 9.17) is 5.84 Å². The lowest BCUT2D eigenvalue weighted by molar-refractivity contribution is -0.117. The summed E-state index contributed by atoms with van der Waals surface area (Å²) in [5.41, 5.74) is 4.40. The first-order valence-electron chi connectivity index (χ1n) is 8.59. The molecule has 2 aromatic rings. The lowest BCUT2D eigenvalue weighted by Gasteiger charge is -2.35. The van der Waals surface area contributed by atoms with Gasteiger partial charge in [0, 0.05) is 43.1 Å². The third-order valence-corrected chi connectivity index (χ3v) is 4.42. The number of hydrogen-bond acceptors (Lipinski definition) is 5. The summed E-state index contributed by atoms with van der Waals surface area (Å²) in [6, 6.07) is 16.9. The summed E-state index contributed by atoms with van der Waals surface area (Å²) in [5, 5.41) is 2.86. The van der Waals surface area contributed by atoms with Crippen LogP contribution in [0.3, 0.4) is 0 Å². The molecule has 26 heavy (non-hydrogen) atoms. The van der Waals surface area contributed by atoms with Crippen molar-refractivity contribution < 1.29 is 9.59 Å². The average Bonchev–Trinajstić information content (AvgIpc) is 2.69. The van der Waals surface area contributed by atoms with Gasteiger partial charge in [-0.15, -0.1) is 0 Å². The molecule has 4 N–H and O–H groups in total. The monoisotopic (exact) mass is 353 g/mol. The quantitative estimate of drug-likeness (QED) is 0.425. The number of carbonyl (C=O) groups is 2. The highest BCUT2D eigenvalue weighted by atomic mass is 16.2. The van der Waals surface area contributed by atoms with Gasteiger partial charge in [-0.3, -0.25) is 19.9 Å². The van der Waals surface area contributed by atoms with Gasteiger partial charge in [0.05, 0.1) is 6.54 Å². The molecule has 1 aliphatic heterocycles. The molecular weight excluding hydrogens is 330 g/mol. The highest BCUT2D eigenvalue weighted by molar-refractivity contribution is 5.95. The maximum atomic E-state index is 12.2. The number of benzene rings is 2. The Balaban J connectivity index is 1.46. The van der Waals surface area contributed by atoms with Crippen LogP contribution in [0, 0.1) is 0 Å². The molecule has 0 unspecified atom stereocenters. The van der Waals surface area contributed by atoms with Crippen molar-refractivity contribution in [3.63, 3.8) is 0 Å². The summed E-state index contributed by atoms with van der Waals surface area (Å²) in [7, 11) is 0. The maximum absolute atomic E-state index is 12.2.